The molecule has 2 N–H and O–H groups in total. The Morgan fingerprint density at radius 3 is 1.74 bits per heavy atom. The molecule has 1 saturated heterocycles. The predicted molar refractivity (Wildman–Crippen MR) is 143 cm³/mol. The van der Waals surface area contributed by atoms with Crippen molar-refractivity contribution in [1.29, 1.82) is 0 Å². The molecule has 1 aliphatic heterocycles. The van der Waals surface area contributed by atoms with Gasteiger partial charge in [0.2, 0.25) is 0 Å². The third-order valence-electron chi connectivity index (χ3n) is 6.93. The maximum Gasteiger partial charge on any atom is 0.317 e. The molecule has 38 heavy (non-hydrogen) atoms. The first-order valence-corrected chi connectivity index (χ1v) is 12.7. The van der Waals surface area contributed by atoms with E-state index in [9.17, 15) is 24.3 Å². The minimum absolute atomic E-state index is 0.0782. The lowest BCUT2D eigenvalue weighted by atomic mass is 9.83. The Balaban J connectivity index is 0.000000358. The highest BCUT2D eigenvalue weighted by Crippen LogP contribution is 2.33. The summed E-state index contributed by atoms with van der Waals surface area (Å²) in [7, 11) is 2.28. The molecule has 1 fully saturated rings. The van der Waals surface area contributed by atoms with Gasteiger partial charge in [-0.05, 0) is 35.8 Å². The molecule has 0 bridgehead atoms. The highest BCUT2D eigenvalue weighted by molar-refractivity contribution is 5.96. The number of carbonyl (C=O) groups is 4. The van der Waals surface area contributed by atoms with Gasteiger partial charge in [-0.25, -0.2) is 0 Å². The quantitative estimate of drug-likeness (QED) is 0.350. The molecule has 0 saturated carbocycles. The summed E-state index contributed by atoms with van der Waals surface area (Å²) in [5, 5.41) is 16.3. The van der Waals surface area contributed by atoms with Crippen molar-refractivity contribution in [3.05, 3.63) is 71.8 Å². The van der Waals surface area contributed by atoms with Gasteiger partial charge in [0, 0.05) is 7.11 Å². The summed E-state index contributed by atoms with van der Waals surface area (Å²) in [4.78, 5) is 45.6. The Hall–Kier alpha value is -3.52. The number of aliphatic hydroxyl groups excluding tert-OH is 1. The van der Waals surface area contributed by atoms with Gasteiger partial charge in [0.05, 0.1) is 30.8 Å². The molecule has 2 aromatic rings. The summed E-state index contributed by atoms with van der Waals surface area (Å²) in [6, 6.07) is 19.7. The molecule has 0 aliphatic carbocycles. The Labute approximate surface area is 225 Å². The maximum atomic E-state index is 11.5. The smallest absolute Gasteiger partial charge is 0.317 e. The number of carbonyl (C=O) groups excluding carboxylic acids is 3. The number of carboxylic acid groups (broad SMARTS) is 1. The van der Waals surface area contributed by atoms with Crippen LogP contribution in [0.25, 0.3) is 0 Å². The van der Waals surface area contributed by atoms with Gasteiger partial charge in [-0.15, -0.1) is 0 Å². The average Bonchev–Trinajstić information content (AvgIpc) is 3.18. The van der Waals surface area contributed by atoms with Gasteiger partial charge in [0.25, 0.3) is 0 Å². The molecule has 1 heterocycles. The molecular formula is C30H40O8. The number of hydrogen-bond acceptors (Lipinski definition) is 7. The van der Waals surface area contributed by atoms with Crippen molar-refractivity contribution in [3.63, 3.8) is 0 Å². The molecule has 1 aliphatic rings. The molecule has 8 heteroatoms. The van der Waals surface area contributed by atoms with E-state index in [-0.39, 0.29) is 35.6 Å². The van der Waals surface area contributed by atoms with Crippen LogP contribution in [0.5, 0.6) is 0 Å². The van der Waals surface area contributed by atoms with E-state index in [2.05, 4.69) is 16.4 Å². The second-order valence-corrected chi connectivity index (χ2v) is 9.49. The van der Waals surface area contributed by atoms with Crippen LogP contribution in [0.4, 0.5) is 0 Å². The SMILES string of the molecule is CC(CC1C(=O)OC(=O)C1C)c1ccccc1.CO.COC(=O)C(C)C(CC(C)c1ccccc1)C(=O)O. The third kappa shape index (κ3) is 9.41. The van der Waals surface area contributed by atoms with E-state index in [4.69, 9.17) is 5.11 Å². The number of rotatable bonds is 9. The normalized spacial score (nSPS) is 19.3. The fourth-order valence-corrected chi connectivity index (χ4v) is 4.40. The van der Waals surface area contributed by atoms with Gasteiger partial charge in [-0.2, -0.15) is 0 Å². The van der Waals surface area contributed by atoms with Crippen LogP contribution in [0.15, 0.2) is 60.7 Å². The lowest BCUT2D eigenvalue weighted by Gasteiger charge is -2.21. The lowest BCUT2D eigenvalue weighted by Crippen LogP contribution is -2.29. The first kappa shape index (κ1) is 32.5. The van der Waals surface area contributed by atoms with E-state index in [1.807, 2.05) is 67.6 Å². The molecule has 0 aromatic heterocycles. The van der Waals surface area contributed by atoms with Crippen LogP contribution in [0.2, 0.25) is 0 Å². The summed E-state index contributed by atoms with van der Waals surface area (Å²) in [6.45, 7) is 7.39. The molecule has 0 radical (unpaired) electrons. The van der Waals surface area contributed by atoms with Crippen molar-refractivity contribution in [2.75, 3.05) is 14.2 Å². The Morgan fingerprint density at radius 2 is 1.34 bits per heavy atom. The van der Waals surface area contributed by atoms with Crippen LogP contribution in [-0.2, 0) is 28.7 Å². The summed E-state index contributed by atoms with van der Waals surface area (Å²) in [6.07, 6.45) is 1.07. The monoisotopic (exact) mass is 528 g/mol. The second-order valence-electron chi connectivity index (χ2n) is 9.49. The molecule has 8 nitrogen and oxygen atoms in total. The molecule has 208 valence electrons. The lowest BCUT2D eigenvalue weighted by molar-refractivity contribution is -0.155. The van der Waals surface area contributed by atoms with Crippen molar-refractivity contribution in [3.8, 4) is 0 Å². The Kier molecular flexibility index (Phi) is 14.0. The van der Waals surface area contributed by atoms with Crippen molar-refractivity contribution >= 4 is 23.9 Å². The summed E-state index contributed by atoms with van der Waals surface area (Å²) < 4.78 is 9.27. The predicted octanol–water partition coefficient (Wildman–Crippen LogP) is 4.81. The van der Waals surface area contributed by atoms with E-state index >= 15 is 0 Å². The van der Waals surface area contributed by atoms with Gasteiger partial charge in [-0.1, -0.05) is 88.4 Å². The Bertz CT molecular complexity index is 1020. The van der Waals surface area contributed by atoms with Gasteiger partial charge in [0.1, 0.15) is 0 Å². The Morgan fingerprint density at radius 1 is 0.868 bits per heavy atom. The average molecular weight is 529 g/mol. The van der Waals surface area contributed by atoms with Crippen LogP contribution < -0.4 is 0 Å². The molecule has 0 spiro atoms. The molecule has 3 rings (SSSR count). The van der Waals surface area contributed by atoms with Crippen molar-refractivity contribution in [2.45, 2.75) is 52.4 Å². The maximum absolute atomic E-state index is 11.5. The minimum Gasteiger partial charge on any atom is -0.481 e. The fourth-order valence-electron chi connectivity index (χ4n) is 4.40. The number of aliphatic hydroxyl groups is 1. The first-order chi connectivity index (χ1) is 18.1. The van der Waals surface area contributed by atoms with Crippen LogP contribution >= 0.6 is 0 Å². The van der Waals surface area contributed by atoms with Gasteiger partial charge < -0.3 is 19.7 Å². The molecule has 6 atom stereocenters. The number of hydrogen-bond donors (Lipinski definition) is 2. The third-order valence-corrected chi connectivity index (χ3v) is 6.93. The van der Waals surface area contributed by atoms with E-state index in [1.54, 1.807) is 13.8 Å². The molecular weight excluding hydrogens is 488 g/mol. The second kappa shape index (κ2) is 16.3. The van der Waals surface area contributed by atoms with Crippen molar-refractivity contribution in [2.24, 2.45) is 23.7 Å². The van der Waals surface area contributed by atoms with Crippen LogP contribution in [-0.4, -0.2) is 48.3 Å². The standard InChI is InChI=1S/C15H20O4.C14H16O3.CH4O/c1-10(12-7-5-4-6-8-12)9-13(14(16)17)11(2)15(18)19-3;1-9(11-6-4-3-5-7-11)8-12-10(2)13(15)17-14(12)16;1-2/h4-8,10-11,13H,9H2,1-3H3,(H,16,17);3-7,9-10,12H,8H2,1-2H3;2H,1H3. The zero-order chi connectivity index (χ0) is 28.8. The zero-order valence-corrected chi connectivity index (χ0v) is 23.0. The van der Waals surface area contributed by atoms with Gasteiger partial charge >= 0.3 is 23.9 Å². The topological polar surface area (TPSA) is 127 Å². The summed E-state index contributed by atoms with van der Waals surface area (Å²) in [5.74, 6) is -3.85. The fraction of sp³-hybridized carbons (Fsp3) is 0.467. The van der Waals surface area contributed by atoms with Gasteiger partial charge in [0.15, 0.2) is 0 Å². The van der Waals surface area contributed by atoms with Crippen molar-refractivity contribution < 1.29 is 38.9 Å². The number of aliphatic carboxylic acids is 1. The number of benzene rings is 2. The molecule has 0 amide bonds. The summed E-state index contributed by atoms with van der Waals surface area (Å²) in [5.41, 5.74) is 2.26. The number of esters is 3. The number of cyclic esters (lactones) is 2. The number of methoxy groups -OCH3 is 1. The van der Waals surface area contributed by atoms with Crippen molar-refractivity contribution in [1.82, 2.24) is 0 Å². The highest BCUT2D eigenvalue weighted by Gasteiger charge is 2.41. The number of carboxylic acids is 1. The largest absolute Gasteiger partial charge is 0.481 e. The molecule has 2 aromatic carbocycles. The van der Waals surface area contributed by atoms with E-state index in [0.29, 0.717) is 12.8 Å². The van der Waals surface area contributed by atoms with Gasteiger partial charge in [-0.3, -0.25) is 19.2 Å². The number of ether oxygens (including phenoxy) is 2. The van der Waals surface area contributed by atoms with Crippen LogP contribution in [0, 0.1) is 23.7 Å². The van der Waals surface area contributed by atoms with Crippen LogP contribution in [0.3, 0.4) is 0 Å². The van der Waals surface area contributed by atoms with E-state index in [1.165, 1.54) is 12.7 Å². The van der Waals surface area contributed by atoms with E-state index < -0.39 is 23.8 Å². The van der Waals surface area contributed by atoms with Crippen LogP contribution in [0.1, 0.15) is 63.5 Å². The molecule has 6 unspecified atom stereocenters. The minimum atomic E-state index is -0.958. The summed E-state index contributed by atoms with van der Waals surface area (Å²) >= 11 is 0. The first-order valence-electron chi connectivity index (χ1n) is 12.7. The zero-order valence-electron chi connectivity index (χ0n) is 23.0. The van der Waals surface area contributed by atoms with E-state index in [0.717, 1.165) is 12.7 Å². The highest BCUT2D eigenvalue weighted by atomic mass is 16.6.